The van der Waals surface area contributed by atoms with Crippen molar-refractivity contribution in [3.63, 3.8) is 0 Å². The molecule has 2 amide bonds. The Balaban J connectivity index is 1.53. The van der Waals surface area contributed by atoms with Crippen LogP contribution in [0.1, 0.15) is 22.9 Å². The summed E-state index contributed by atoms with van der Waals surface area (Å²) in [6.45, 7) is 0.111. The van der Waals surface area contributed by atoms with E-state index in [4.69, 9.17) is 4.74 Å². The quantitative estimate of drug-likeness (QED) is 0.317. The average molecular weight is 466 g/mol. The second-order valence-electron chi connectivity index (χ2n) is 6.94. The van der Waals surface area contributed by atoms with E-state index in [1.807, 2.05) is 0 Å². The highest BCUT2D eigenvalue weighted by Gasteiger charge is 2.35. The largest absolute Gasteiger partial charge is 0.454 e. The number of ether oxygens (including phenoxy) is 1. The Hall–Kier alpha value is -3.93. The third-order valence-electron chi connectivity index (χ3n) is 4.75. The Labute approximate surface area is 183 Å². The molecule has 3 aromatic rings. The van der Waals surface area contributed by atoms with Crippen molar-refractivity contribution in [3.05, 3.63) is 77.0 Å². The fourth-order valence-electron chi connectivity index (χ4n) is 3.18. The number of aliphatic hydroxyl groups is 1. The molecule has 33 heavy (non-hydrogen) atoms. The summed E-state index contributed by atoms with van der Waals surface area (Å²) in [5, 5.41) is 17.6. The highest BCUT2D eigenvalue weighted by Crippen LogP contribution is 2.35. The number of fused-ring (bicyclic) bond motifs is 1. The molecule has 0 fully saturated rings. The van der Waals surface area contributed by atoms with Gasteiger partial charge in [0.2, 0.25) is 0 Å². The van der Waals surface area contributed by atoms with Gasteiger partial charge in [-0.2, -0.15) is 13.2 Å². The molecule has 4 rings (SSSR count). The summed E-state index contributed by atoms with van der Waals surface area (Å²) in [6.07, 6.45) is -5.44. The van der Waals surface area contributed by atoms with Crippen molar-refractivity contribution < 1.29 is 36.6 Å². The van der Waals surface area contributed by atoms with Gasteiger partial charge >= 0.3 is 12.2 Å². The number of alkyl halides is 3. The Morgan fingerprint density at radius 1 is 1.12 bits per heavy atom. The minimum absolute atomic E-state index is 0.0325. The number of aromatic nitrogens is 1. The number of nitrogens with one attached hydrogen (secondary N) is 3. The number of urea groups is 1. The molecule has 0 saturated heterocycles. The molecular weight excluding hydrogens is 451 g/mol. The number of rotatable bonds is 5. The van der Waals surface area contributed by atoms with E-state index in [0.29, 0.717) is 11.6 Å². The van der Waals surface area contributed by atoms with Crippen LogP contribution < -0.4 is 20.7 Å². The van der Waals surface area contributed by atoms with Gasteiger partial charge in [0.15, 0.2) is 17.8 Å². The first kappa shape index (κ1) is 22.3. The van der Waals surface area contributed by atoms with Crippen LogP contribution in [0.2, 0.25) is 0 Å². The van der Waals surface area contributed by atoms with E-state index in [2.05, 4.69) is 20.9 Å². The van der Waals surface area contributed by atoms with Crippen LogP contribution in [0.5, 0.6) is 11.5 Å². The molecule has 1 atom stereocenters. The number of carbonyl (C=O) groups excluding carboxylic acids is 1. The molecule has 2 aromatic carbocycles. The van der Waals surface area contributed by atoms with Crippen molar-refractivity contribution in [1.29, 1.82) is 0 Å². The second kappa shape index (κ2) is 8.54. The van der Waals surface area contributed by atoms with Crippen molar-refractivity contribution in [2.45, 2.75) is 18.9 Å². The molecule has 0 saturated carbocycles. The van der Waals surface area contributed by atoms with Crippen LogP contribution in [-0.2, 0) is 12.7 Å². The van der Waals surface area contributed by atoms with Crippen LogP contribution in [0.4, 0.5) is 38.3 Å². The topological polar surface area (TPSA) is 95.5 Å². The first-order valence-electron chi connectivity index (χ1n) is 9.44. The molecule has 1 unspecified atom stereocenters. The number of carbonyl (C=O) groups is 1. The number of anilines is 2. The maximum Gasteiger partial charge on any atom is 0.419 e. The third-order valence-corrected chi connectivity index (χ3v) is 4.75. The van der Waals surface area contributed by atoms with Gasteiger partial charge in [-0.1, -0.05) is 12.1 Å². The predicted molar refractivity (Wildman–Crippen MR) is 107 cm³/mol. The normalized spacial score (nSPS) is 14.1. The summed E-state index contributed by atoms with van der Waals surface area (Å²) in [6, 6.07) is 6.96. The van der Waals surface area contributed by atoms with Gasteiger partial charge in [-0.3, -0.25) is 5.32 Å². The maximum atomic E-state index is 14.6. The minimum atomic E-state index is -4.94. The van der Waals surface area contributed by atoms with E-state index in [0.717, 1.165) is 18.2 Å². The second-order valence-corrected chi connectivity index (χ2v) is 6.94. The van der Waals surface area contributed by atoms with Crippen molar-refractivity contribution >= 4 is 17.5 Å². The molecule has 1 aliphatic rings. The first-order valence-corrected chi connectivity index (χ1v) is 9.44. The average Bonchev–Trinajstić information content (AvgIpc) is 2.74. The number of aliphatic hydroxyl groups excluding tert-OH is 1. The van der Waals surface area contributed by atoms with Crippen LogP contribution in [0.15, 0.2) is 48.7 Å². The third kappa shape index (κ3) is 4.65. The number of pyridine rings is 1. The van der Waals surface area contributed by atoms with Gasteiger partial charge in [-0.15, -0.1) is 0 Å². The van der Waals surface area contributed by atoms with Gasteiger partial charge < -0.3 is 20.5 Å². The van der Waals surface area contributed by atoms with Gasteiger partial charge in [0.1, 0.15) is 17.4 Å². The number of hydrogen-bond acceptors (Lipinski definition) is 5. The van der Waals surface area contributed by atoms with Gasteiger partial charge in [0, 0.05) is 23.5 Å². The number of halogens is 5. The summed E-state index contributed by atoms with van der Waals surface area (Å²) < 4.78 is 73.1. The number of amides is 2. The Kier molecular flexibility index (Phi) is 5.77. The molecule has 172 valence electrons. The lowest BCUT2D eigenvalue weighted by molar-refractivity contribution is -0.140. The number of benzene rings is 2. The van der Waals surface area contributed by atoms with Crippen LogP contribution >= 0.6 is 0 Å². The lowest BCUT2D eigenvalue weighted by Gasteiger charge is -2.20. The van der Waals surface area contributed by atoms with Crippen LogP contribution in [0, 0.1) is 11.6 Å². The lowest BCUT2D eigenvalue weighted by Crippen LogP contribution is -2.34. The summed E-state index contributed by atoms with van der Waals surface area (Å²) in [5.74, 6) is -2.20. The summed E-state index contributed by atoms with van der Waals surface area (Å²) >= 11 is 0. The van der Waals surface area contributed by atoms with Crippen LogP contribution in [0.3, 0.4) is 0 Å². The minimum Gasteiger partial charge on any atom is -0.454 e. The monoisotopic (exact) mass is 466 g/mol. The highest BCUT2D eigenvalue weighted by atomic mass is 19.4. The summed E-state index contributed by atoms with van der Waals surface area (Å²) in [7, 11) is 0. The van der Waals surface area contributed by atoms with E-state index in [9.17, 15) is 31.9 Å². The highest BCUT2D eigenvalue weighted by molar-refractivity contribution is 5.91. The fourth-order valence-corrected chi connectivity index (χ4v) is 3.18. The SMILES string of the molecule is O=C1NCc2c(Oc3ccc(NC(O)c4cccc(C(F)(F)F)c4F)cc3F)ccnc2N1. The smallest absolute Gasteiger partial charge is 0.419 e. The molecule has 0 aliphatic carbocycles. The molecular formula is C21H15F5N4O3. The summed E-state index contributed by atoms with van der Waals surface area (Å²) in [4.78, 5) is 15.4. The van der Waals surface area contributed by atoms with Gasteiger partial charge in [-0.25, -0.2) is 18.6 Å². The molecule has 1 aromatic heterocycles. The fraction of sp³-hybridized carbons (Fsp3) is 0.143. The van der Waals surface area contributed by atoms with E-state index >= 15 is 0 Å². The maximum absolute atomic E-state index is 14.6. The number of nitrogens with zero attached hydrogens (tertiary/aromatic N) is 1. The van der Waals surface area contributed by atoms with Crippen LogP contribution in [0.25, 0.3) is 0 Å². The molecule has 1 aliphatic heterocycles. The first-order chi connectivity index (χ1) is 15.6. The van der Waals surface area contributed by atoms with E-state index in [-0.39, 0.29) is 29.5 Å². The molecule has 7 nitrogen and oxygen atoms in total. The Bertz CT molecular complexity index is 1220. The summed E-state index contributed by atoms with van der Waals surface area (Å²) in [5.41, 5.74) is -1.71. The van der Waals surface area contributed by atoms with Gasteiger partial charge in [0.05, 0.1) is 17.7 Å². The van der Waals surface area contributed by atoms with Gasteiger partial charge in [-0.05, 0) is 24.3 Å². The zero-order valence-corrected chi connectivity index (χ0v) is 16.5. The zero-order valence-electron chi connectivity index (χ0n) is 16.5. The van der Waals surface area contributed by atoms with Crippen molar-refractivity contribution in [1.82, 2.24) is 10.3 Å². The molecule has 2 heterocycles. The molecule has 12 heteroatoms. The van der Waals surface area contributed by atoms with E-state index < -0.39 is 41.2 Å². The van der Waals surface area contributed by atoms with Crippen molar-refractivity contribution in [3.8, 4) is 11.5 Å². The van der Waals surface area contributed by atoms with Crippen LogP contribution in [-0.4, -0.2) is 16.1 Å². The standard InChI is InChI=1S/C21H15F5N4O3/c22-14-8-10(29-19(31)11-2-1-3-13(17(11)23)21(24,25)26)4-5-16(14)33-15-6-7-27-18-12(15)9-28-20(32)30-18/h1-8,19,29,31H,9H2,(H2,27,28,30,32). The van der Waals surface area contributed by atoms with E-state index in [1.165, 1.54) is 24.4 Å². The molecule has 0 bridgehead atoms. The van der Waals surface area contributed by atoms with E-state index in [1.54, 1.807) is 0 Å². The zero-order chi connectivity index (χ0) is 23.8. The van der Waals surface area contributed by atoms with Gasteiger partial charge in [0.25, 0.3) is 0 Å². The Morgan fingerprint density at radius 3 is 2.64 bits per heavy atom. The number of hydrogen-bond donors (Lipinski definition) is 4. The van der Waals surface area contributed by atoms with Crippen molar-refractivity contribution in [2.75, 3.05) is 10.6 Å². The molecule has 0 spiro atoms. The molecule has 0 radical (unpaired) electrons. The molecule has 4 N–H and O–H groups in total. The van der Waals surface area contributed by atoms with Crippen molar-refractivity contribution in [2.24, 2.45) is 0 Å². The lowest BCUT2D eigenvalue weighted by atomic mass is 10.1. The predicted octanol–water partition coefficient (Wildman–Crippen LogP) is 4.91. The Morgan fingerprint density at radius 2 is 1.91 bits per heavy atom.